The Balaban J connectivity index is 1.34. The first-order chi connectivity index (χ1) is 18.1. The van der Waals surface area contributed by atoms with Crippen molar-refractivity contribution in [1.29, 1.82) is 0 Å². The van der Waals surface area contributed by atoms with Crippen molar-refractivity contribution in [2.45, 2.75) is 37.2 Å². The molecular formula is C28H28N4O4S. The number of ether oxygens (including phenoxy) is 2. The van der Waals surface area contributed by atoms with Crippen LogP contribution in [0.4, 0.5) is 5.69 Å². The van der Waals surface area contributed by atoms with E-state index in [1.807, 2.05) is 66.7 Å². The molecule has 37 heavy (non-hydrogen) atoms. The molecule has 3 N–H and O–H groups in total. The van der Waals surface area contributed by atoms with E-state index in [2.05, 4.69) is 27.4 Å². The highest BCUT2D eigenvalue weighted by molar-refractivity contribution is 7.99. The van der Waals surface area contributed by atoms with E-state index in [4.69, 9.17) is 9.47 Å². The first kappa shape index (κ1) is 25.2. The largest absolute Gasteiger partial charge is 0.392 e. The number of aliphatic hydroxyl groups is 1. The van der Waals surface area contributed by atoms with Crippen LogP contribution >= 0.6 is 11.8 Å². The SMILES string of the molecule is C[C@H]1[C@@H](CSc2ncn[nH]2)O[C@@H](c2ccc(NC(=O)c3ccccc3)cc2)O[C@H]1c1ccc(CO)cc1. The van der Waals surface area contributed by atoms with E-state index in [-0.39, 0.29) is 30.6 Å². The molecule has 1 fully saturated rings. The third-order valence-corrected chi connectivity index (χ3v) is 7.34. The first-order valence-corrected chi connectivity index (χ1v) is 13.0. The molecule has 2 heterocycles. The number of nitrogens with one attached hydrogen (secondary N) is 2. The van der Waals surface area contributed by atoms with E-state index in [9.17, 15) is 9.90 Å². The summed E-state index contributed by atoms with van der Waals surface area (Å²) in [7, 11) is 0. The van der Waals surface area contributed by atoms with Crippen LogP contribution in [0.3, 0.4) is 0 Å². The summed E-state index contributed by atoms with van der Waals surface area (Å²) in [6, 6.07) is 24.5. The number of aromatic amines is 1. The van der Waals surface area contributed by atoms with Gasteiger partial charge in [0.25, 0.3) is 5.91 Å². The number of hydrogen-bond donors (Lipinski definition) is 3. The molecule has 0 radical (unpaired) electrons. The molecule has 4 atom stereocenters. The van der Waals surface area contributed by atoms with Crippen molar-refractivity contribution in [3.63, 3.8) is 0 Å². The van der Waals surface area contributed by atoms with Crippen molar-refractivity contribution in [2.24, 2.45) is 5.92 Å². The zero-order valence-corrected chi connectivity index (χ0v) is 21.1. The van der Waals surface area contributed by atoms with Gasteiger partial charge in [-0.15, -0.1) is 0 Å². The number of benzene rings is 3. The fraction of sp³-hybridized carbons (Fsp3) is 0.250. The average Bonchev–Trinajstić information content (AvgIpc) is 3.47. The third-order valence-electron chi connectivity index (χ3n) is 6.38. The summed E-state index contributed by atoms with van der Waals surface area (Å²) in [5.74, 6) is 0.575. The summed E-state index contributed by atoms with van der Waals surface area (Å²) >= 11 is 1.55. The van der Waals surface area contributed by atoms with Crippen molar-refractivity contribution < 1.29 is 19.4 Å². The Morgan fingerprint density at radius 3 is 2.41 bits per heavy atom. The number of anilines is 1. The Labute approximate surface area is 219 Å². The topological polar surface area (TPSA) is 109 Å². The predicted octanol–water partition coefficient (Wildman–Crippen LogP) is 5.13. The zero-order valence-electron chi connectivity index (χ0n) is 20.3. The van der Waals surface area contributed by atoms with Crippen LogP contribution in [0.5, 0.6) is 0 Å². The van der Waals surface area contributed by atoms with Crippen molar-refractivity contribution in [3.05, 3.63) is 107 Å². The molecular weight excluding hydrogens is 488 g/mol. The Morgan fingerprint density at radius 2 is 1.73 bits per heavy atom. The lowest BCUT2D eigenvalue weighted by molar-refractivity contribution is -0.268. The molecule has 5 rings (SSSR count). The maximum Gasteiger partial charge on any atom is 0.255 e. The number of thioether (sulfide) groups is 1. The summed E-state index contributed by atoms with van der Waals surface area (Å²) in [4.78, 5) is 16.7. The van der Waals surface area contributed by atoms with Crippen LogP contribution in [-0.2, 0) is 16.1 Å². The van der Waals surface area contributed by atoms with Crippen molar-refractivity contribution in [2.75, 3.05) is 11.1 Å². The van der Waals surface area contributed by atoms with Crippen LogP contribution in [0.2, 0.25) is 0 Å². The number of carbonyl (C=O) groups excluding carboxylic acids is 1. The molecule has 1 amide bonds. The van der Waals surface area contributed by atoms with Gasteiger partial charge in [0.05, 0.1) is 18.8 Å². The fourth-order valence-corrected chi connectivity index (χ4v) is 5.19. The summed E-state index contributed by atoms with van der Waals surface area (Å²) in [5.41, 5.74) is 4.03. The van der Waals surface area contributed by atoms with E-state index in [0.717, 1.165) is 21.8 Å². The molecule has 8 nitrogen and oxygen atoms in total. The Kier molecular flexibility index (Phi) is 7.96. The van der Waals surface area contributed by atoms with Gasteiger partial charge < -0.3 is 19.9 Å². The highest BCUT2D eigenvalue weighted by atomic mass is 32.2. The molecule has 1 saturated heterocycles. The maximum absolute atomic E-state index is 12.5. The third kappa shape index (κ3) is 6.08. The second kappa shape index (κ2) is 11.7. The number of nitrogens with zero attached hydrogens (tertiary/aromatic N) is 2. The molecule has 0 unspecified atom stereocenters. The van der Waals surface area contributed by atoms with Crippen molar-refractivity contribution >= 4 is 23.4 Å². The van der Waals surface area contributed by atoms with Gasteiger partial charge in [-0.1, -0.05) is 73.3 Å². The number of amides is 1. The van der Waals surface area contributed by atoms with Gasteiger partial charge in [0.1, 0.15) is 6.33 Å². The van der Waals surface area contributed by atoms with Gasteiger partial charge in [0, 0.05) is 28.5 Å². The quantitative estimate of drug-likeness (QED) is 0.279. The van der Waals surface area contributed by atoms with Crippen molar-refractivity contribution in [3.8, 4) is 0 Å². The molecule has 0 saturated carbocycles. The van der Waals surface area contributed by atoms with Gasteiger partial charge in [0.15, 0.2) is 11.4 Å². The van der Waals surface area contributed by atoms with E-state index >= 15 is 0 Å². The highest BCUT2D eigenvalue weighted by Crippen LogP contribution is 2.42. The van der Waals surface area contributed by atoms with Gasteiger partial charge in [-0.05, 0) is 35.4 Å². The second-order valence-corrected chi connectivity index (χ2v) is 9.87. The fourth-order valence-electron chi connectivity index (χ4n) is 4.25. The van der Waals surface area contributed by atoms with Crippen LogP contribution in [0.1, 0.15) is 46.4 Å². The van der Waals surface area contributed by atoms with Gasteiger partial charge in [-0.2, -0.15) is 5.10 Å². The summed E-state index contributed by atoms with van der Waals surface area (Å²) in [5, 5.41) is 19.9. The number of aliphatic hydroxyl groups excluding tert-OH is 1. The number of H-pyrrole nitrogens is 1. The van der Waals surface area contributed by atoms with Gasteiger partial charge in [-0.3, -0.25) is 9.89 Å². The molecule has 3 aromatic carbocycles. The monoisotopic (exact) mass is 516 g/mol. The van der Waals surface area contributed by atoms with Crippen molar-refractivity contribution in [1.82, 2.24) is 15.2 Å². The smallest absolute Gasteiger partial charge is 0.255 e. The maximum atomic E-state index is 12.5. The molecule has 1 aliphatic heterocycles. The van der Waals surface area contributed by atoms with Gasteiger partial charge in [0.2, 0.25) is 0 Å². The van der Waals surface area contributed by atoms with Crippen LogP contribution in [-0.4, -0.2) is 38.1 Å². The molecule has 0 spiro atoms. The minimum Gasteiger partial charge on any atom is -0.392 e. The second-order valence-electron chi connectivity index (χ2n) is 8.87. The Hall–Kier alpha value is -3.50. The summed E-state index contributed by atoms with van der Waals surface area (Å²) < 4.78 is 12.9. The summed E-state index contributed by atoms with van der Waals surface area (Å²) in [6.07, 6.45) is 0.583. The predicted molar refractivity (Wildman–Crippen MR) is 141 cm³/mol. The summed E-state index contributed by atoms with van der Waals surface area (Å²) in [6.45, 7) is 2.12. The lowest BCUT2D eigenvalue weighted by Gasteiger charge is -2.41. The molecule has 190 valence electrons. The van der Waals surface area contributed by atoms with Gasteiger partial charge >= 0.3 is 0 Å². The van der Waals surface area contributed by atoms with E-state index < -0.39 is 6.29 Å². The van der Waals surface area contributed by atoms with Crippen LogP contribution < -0.4 is 5.32 Å². The highest BCUT2D eigenvalue weighted by Gasteiger charge is 2.38. The molecule has 0 bridgehead atoms. The Morgan fingerprint density at radius 1 is 1.00 bits per heavy atom. The number of rotatable bonds is 8. The Bertz CT molecular complexity index is 1280. The minimum atomic E-state index is -0.585. The molecule has 9 heteroatoms. The molecule has 1 aromatic heterocycles. The molecule has 4 aromatic rings. The standard InChI is InChI=1S/C28H28N4O4S/c1-18-24(16-37-28-29-17-30-32-28)35-27(36-25(18)20-9-7-19(15-33)8-10-20)22-11-13-23(14-12-22)31-26(34)21-5-3-2-4-6-21/h2-14,17-18,24-25,27,33H,15-16H2,1H3,(H,31,34)(H,29,30,32)/t18-,24+,25+,27+/m0/s1. The van der Waals surface area contributed by atoms with E-state index in [0.29, 0.717) is 17.0 Å². The van der Waals surface area contributed by atoms with Crippen LogP contribution in [0.25, 0.3) is 0 Å². The van der Waals surface area contributed by atoms with Crippen LogP contribution in [0.15, 0.2) is 90.3 Å². The number of aromatic nitrogens is 3. The lowest BCUT2D eigenvalue weighted by Crippen LogP contribution is -2.38. The van der Waals surface area contributed by atoms with E-state index in [1.54, 1.807) is 23.9 Å². The normalized spacial score (nSPS) is 21.5. The zero-order chi connectivity index (χ0) is 25.6. The first-order valence-electron chi connectivity index (χ1n) is 12.1. The molecule has 0 aliphatic carbocycles. The number of hydrogen-bond acceptors (Lipinski definition) is 7. The number of carbonyl (C=O) groups is 1. The molecule has 1 aliphatic rings. The lowest BCUT2D eigenvalue weighted by atomic mass is 9.91. The van der Waals surface area contributed by atoms with E-state index in [1.165, 1.54) is 6.33 Å². The van der Waals surface area contributed by atoms with Crippen LogP contribution in [0, 0.1) is 5.92 Å². The minimum absolute atomic E-state index is 0.00327. The average molecular weight is 517 g/mol. The van der Waals surface area contributed by atoms with Gasteiger partial charge in [-0.25, -0.2) is 4.98 Å².